The summed E-state index contributed by atoms with van der Waals surface area (Å²) in [5.41, 5.74) is 3.12. The summed E-state index contributed by atoms with van der Waals surface area (Å²) in [4.78, 5) is 17.1. The number of fused-ring (bicyclic) bond motifs is 1. The first kappa shape index (κ1) is 20.6. The third-order valence-corrected chi connectivity index (χ3v) is 5.50. The molecule has 1 heterocycles. The fourth-order valence-electron chi connectivity index (χ4n) is 3.96. The zero-order chi connectivity index (χ0) is 21.1. The van der Waals surface area contributed by atoms with Gasteiger partial charge in [-0.3, -0.25) is 9.69 Å². The Balaban J connectivity index is 1.47. The number of hydrogen-bond acceptors (Lipinski definition) is 4. The van der Waals surface area contributed by atoms with E-state index in [9.17, 15) is 13.6 Å². The van der Waals surface area contributed by atoms with Crippen molar-refractivity contribution in [2.24, 2.45) is 0 Å². The molecule has 0 aromatic heterocycles. The van der Waals surface area contributed by atoms with Crippen LogP contribution < -0.4 is 14.4 Å². The lowest BCUT2D eigenvalue weighted by molar-refractivity contribution is -0.119. The van der Waals surface area contributed by atoms with Gasteiger partial charge in [0.05, 0.1) is 13.2 Å². The van der Waals surface area contributed by atoms with Crippen molar-refractivity contribution in [3.63, 3.8) is 0 Å². The molecule has 30 heavy (non-hydrogen) atoms. The average molecular weight is 416 g/mol. The van der Waals surface area contributed by atoms with E-state index >= 15 is 0 Å². The van der Waals surface area contributed by atoms with Crippen molar-refractivity contribution in [2.75, 3.05) is 24.6 Å². The Morgan fingerprint density at radius 3 is 2.73 bits per heavy atom. The molecule has 0 bridgehead atoms. The second-order valence-electron chi connectivity index (χ2n) is 7.65. The van der Waals surface area contributed by atoms with Crippen molar-refractivity contribution in [2.45, 2.75) is 45.4 Å². The summed E-state index contributed by atoms with van der Waals surface area (Å²) in [6.07, 6.45) is 3.01. The van der Waals surface area contributed by atoms with Crippen molar-refractivity contribution < 1.29 is 23.0 Å². The Morgan fingerprint density at radius 1 is 1.20 bits per heavy atom. The number of amides is 1. The maximum absolute atomic E-state index is 13.0. The quantitative estimate of drug-likeness (QED) is 0.613. The molecule has 2 aromatic rings. The molecule has 0 saturated heterocycles. The van der Waals surface area contributed by atoms with Crippen LogP contribution >= 0.6 is 0 Å². The highest BCUT2D eigenvalue weighted by atomic mass is 19.3. The molecule has 160 valence electrons. The normalized spacial score (nSPS) is 15.6. The second-order valence-corrected chi connectivity index (χ2v) is 7.65. The number of ether oxygens (including phenoxy) is 2. The van der Waals surface area contributed by atoms with Crippen LogP contribution in [0.15, 0.2) is 42.5 Å². The summed E-state index contributed by atoms with van der Waals surface area (Å²) < 4.78 is 35.3. The standard InChI is InChI=1S/C23H26F2N2O3/c1-2-29-21-13-16(7-10-20(21)30-23(24)25)14-26(18-8-9-18)15-22(28)27-12-11-17-5-3-4-6-19(17)27/h3-7,10,13,18,23H,2,8-9,11-12,14-15H2,1H3. The molecular formula is C23H26F2N2O3. The van der Waals surface area contributed by atoms with E-state index in [0.717, 1.165) is 30.5 Å². The maximum Gasteiger partial charge on any atom is 0.387 e. The molecular weight excluding hydrogens is 390 g/mol. The Labute approximate surface area is 175 Å². The number of rotatable bonds is 9. The van der Waals surface area contributed by atoms with Gasteiger partial charge in [0.15, 0.2) is 11.5 Å². The van der Waals surface area contributed by atoms with Gasteiger partial charge in [0, 0.05) is 24.8 Å². The van der Waals surface area contributed by atoms with Gasteiger partial charge in [-0.15, -0.1) is 0 Å². The summed E-state index contributed by atoms with van der Waals surface area (Å²) in [5.74, 6) is 0.415. The lowest BCUT2D eigenvalue weighted by atomic mass is 10.1. The smallest absolute Gasteiger partial charge is 0.387 e. The first-order chi connectivity index (χ1) is 14.5. The molecule has 5 nitrogen and oxygen atoms in total. The topological polar surface area (TPSA) is 42.0 Å². The van der Waals surface area contributed by atoms with Gasteiger partial charge < -0.3 is 14.4 Å². The monoisotopic (exact) mass is 416 g/mol. The molecule has 0 atom stereocenters. The highest BCUT2D eigenvalue weighted by Gasteiger charge is 2.33. The van der Waals surface area contributed by atoms with Crippen molar-refractivity contribution in [1.29, 1.82) is 0 Å². The highest BCUT2D eigenvalue weighted by molar-refractivity contribution is 5.96. The average Bonchev–Trinajstić information content (AvgIpc) is 3.48. The third kappa shape index (κ3) is 4.73. The fraction of sp³-hybridized carbons (Fsp3) is 0.435. The lowest BCUT2D eigenvalue weighted by Gasteiger charge is -2.25. The van der Waals surface area contributed by atoms with Crippen molar-refractivity contribution >= 4 is 11.6 Å². The van der Waals surface area contributed by atoms with E-state index in [-0.39, 0.29) is 11.7 Å². The van der Waals surface area contributed by atoms with Crippen molar-refractivity contribution in [3.8, 4) is 11.5 Å². The molecule has 1 saturated carbocycles. The molecule has 0 spiro atoms. The highest BCUT2D eigenvalue weighted by Crippen LogP contribution is 2.33. The van der Waals surface area contributed by atoms with E-state index in [1.165, 1.54) is 11.6 Å². The number of alkyl halides is 2. The minimum Gasteiger partial charge on any atom is -0.490 e. The first-order valence-electron chi connectivity index (χ1n) is 10.4. The molecule has 1 aliphatic heterocycles. The Bertz CT molecular complexity index is 902. The van der Waals surface area contributed by atoms with Gasteiger partial charge >= 0.3 is 6.61 Å². The number of anilines is 1. The lowest BCUT2D eigenvalue weighted by Crippen LogP contribution is -2.40. The number of nitrogens with zero attached hydrogens (tertiary/aromatic N) is 2. The Hall–Kier alpha value is -2.67. The van der Waals surface area contributed by atoms with Crippen LogP contribution in [0.1, 0.15) is 30.9 Å². The largest absolute Gasteiger partial charge is 0.490 e. The molecule has 2 aromatic carbocycles. The molecule has 0 radical (unpaired) electrons. The maximum atomic E-state index is 13.0. The van der Waals surface area contributed by atoms with Crippen LogP contribution in [0.2, 0.25) is 0 Å². The molecule has 2 aliphatic rings. The van der Waals surface area contributed by atoms with Crippen LogP contribution in [0.5, 0.6) is 11.5 Å². The predicted molar refractivity (Wildman–Crippen MR) is 110 cm³/mol. The van der Waals surface area contributed by atoms with Crippen LogP contribution in [0.25, 0.3) is 0 Å². The molecule has 7 heteroatoms. The van der Waals surface area contributed by atoms with Crippen LogP contribution in [0.4, 0.5) is 14.5 Å². The molecule has 1 aliphatic carbocycles. The Morgan fingerprint density at radius 2 is 2.00 bits per heavy atom. The predicted octanol–water partition coefficient (Wildman–Crippen LogP) is 4.24. The Kier molecular flexibility index (Phi) is 6.18. The summed E-state index contributed by atoms with van der Waals surface area (Å²) in [6.45, 7) is 0.840. The first-order valence-corrected chi connectivity index (χ1v) is 10.4. The van der Waals surface area contributed by atoms with Crippen LogP contribution in [-0.4, -0.2) is 43.2 Å². The van der Waals surface area contributed by atoms with Gasteiger partial charge in [0.2, 0.25) is 5.91 Å². The van der Waals surface area contributed by atoms with Crippen LogP contribution in [0, 0.1) is 0 Å². The van der Waals surface area contributed by atoms with Gasteiger partial charge in [-0.2, -0.15) is 8.78 Å². The van der Waals surface area contributed by atoms with Gasteiger partial charge in [-0.05, 0) is 55.5 Å². The second kappa shape index (κ2) is 9.00. The van der Waals surface area contributed by atoms with Crippen molar-refractivity contribution in [3.05, 3.63) is 53.6 Å². The summed E-state index contributed by atoms with van der Waals surface area (Å²) in [7, 11) is 0. The zero-order valence-electron chi connectivity index (χ0n) is 17.0. The van der Waals surface area contributed by atoms with Crippen LogP contribution in [-0.2, 0) is 17.8 Å². The number of benzene rings is 2. The van der Waals surface area contributed by atoms with E-state index in [4.69, 9.17) is 4.74 Å². The molecule has 1 amide bonds. The number of carbonyl (C=O) groups is 1. The van der Waals surface area contributed by atoms with E-state index in [1.807, 2.05) is 23.1 Å². The minimum absolute atomic E-state index is 0.0262. The summed E-state index contributed by atoms with van der Waals surface area (Å²) in [5, 5.41) is 0. The fourth-order valence-corrected chi connectivity index (χ4v) is 3.96. The van der Waals surface area contributed by atoms with Crippen LogP contribution in [0.3, 0.4) is 0 Å². The number of para-hydroxylation sites is 1. The summed E-state index contributed by atoms with van der Waals surface area (Å²) in [6, 6.07) is 13.4. The molecule has 1 fully saturated rings. The molecule has 4 rings (SSSR count). The molecule has 0 N–H and O–H groups in total. The van der Waals surface area contributed by atoms with Gasteiger partial charge in [0.25, 0.3) is 0 Å². The number of halogens is 2. The van der Waals surface area contributed by atoms with E-state index < -0.39 is 6.61 Å². The van der Waals surface area contributed by atoms with Crippen molar-refractivity contribution in [1.82, 2.24) is 4.90 Å². The minimum atomic E-state index is -2.90. The van der Waals surface area contributed by atoms with E-state index in [1.54, 1.807) is 19.1 Å². The van der Waals surface area contributed by atoms with Gasteiger partial charge in [0.1, 0.15) is 0 Å². The number of hydrogen-bond donors (Lipinski definition) is 0. The van der Waals surface area contributed by atoms with Gasteiger partial charge in [-0.25, -0.2) is 0 Å². The molecule has 0 unspecified atom stereocenters. The van der Waals surface area contributed by atoms with E-state index in [2.05, 4.69) is 15.7 Å². The third-order valence-electron chi connectivity index (χ3n) is 5.50. The SMILES string of the molecule is CCOc1cc(CN(CC(=O)N2CCc3ccccc32)C2CC2)ccc1OC(F)F. The van der Waals surface area contributed by atoms with E-state index in [0.29, 0.717) is 38.0 Å². The number of carbonyl (C=O) groups excluding carboxylic acids is 1. The summed E-state index contributed by atoms with van der Waals surface area (Å²) >= 11 is 0. The van der Waals surface area contributed by atoms with Gasteiger partial charge in [-0.1, -0.05) is 24.3 Å². The zero-order valence-corrected chi connectivity index (χ0v) is 17.0.